The maximum Gasteiger partial charge on any atom is 0.0649 e. The van der Waals surface area contributed by atoms with Gasteiger partial charge in [-0.3, -0.25) is 19.8 Å². The number of rotatable bonds is 4. The molecule has 2 aromatic heterocycles. The van der Waals surface area contributed by atoms with Crippen molar-refractivity contribution in [2.45, 2.75) is 19.5 Å². The third-order valence-corrected chi connectivity index (χ3v) is 4.80. The molecule has 0 N–H and O–H groups in total. The van der Waals surface area contributed by atoms with E-state index in [9.17, 15) is 0 Å². The van der Waals surface area contributed by atoms with Crippen LogP contribution in [0.4, 0.5) is 0 Å². The van der Waals surface area contributed by atoms with Gasteiger partial charge in [-0.05, 0) is 31.1 Å². The van der Waals surface area contributed by atoms with Crippen molar-refractivity contribution in [3.8, 4) is 0 Å². The van der Waals surface area contributed by atoms with Crippen LogP contribution in [0.1, 0.15) is 17.5 Å². The zero-order chi connectivity index (χ0) is 16.1. The van der Waals surface area contributed by atoms with E-state index >= 15 is 0 Å². The van der Waals surface area contributed by atoms with Crippen molar-refractivity contribution >= 4 is 23.2 Å². The summed E-state index contributed by atoms with van der Waals surface area (Å²) >= 11 is 12.5. The van der Waals surface area contributed by atoms with Crippen LogP contribution in [0, 0.1) is 0 Å². The number of hydrogen-bond donors (Lipinski definition) is 0. The molecule has 3 rings (SSSR count). The Morgan fingerprint density at radius 2 is 1.57 bits per heavy atom. The van der Waals surface area contributed by atoms with E-state index < -0.39 is 0 Å². The Bertz CT molecular complexity index is 615. The smallest absolute Gasteiger partial charge is 0.0649 e. The van der Waals surface area contributed by atoms with Crippen LogP contribution in [0.15, 0.2) is 36.9 Å². The van der Waals surface area contributed by atoms with Gasteiger partial charge in [0.1, 0.15) is 0 Å². The van der Waals surface area contributed by atoms with E-state index in [1.54, 1.807) is 12.4 Å². The van der Waals surface area contributed by atoms with Crippen LogP contribution in [0.25, 0.3) is 0 Å². The molecule has 23 heavy (non-hydrogen) atoms. The lowest BCUT2D eigenvalue weighted by Gasteiger charge is -2.22. The van der Waals surface area contributed by atoms with Crippen LogP contribution in [-0.2, 0) is 13.1 Å². The molecule has 1 saturated heterocycles. The van der Waals surface area contributed by atoms with Crippen molar-refractivity contribution in [3.63, 3.8) is 0 Å². The molecule has 0 radical (unpaired) electrons. The molecule has 0 aliphatic carbocycles. The maximum atomic E-state index is 6.23. The van der Waals surface area contributed by atoms with Gasteiger partial charge in [0.05, 0.1) is 10.0 Å². The average Bonchev–Trinajstić information content (AvgIpc) is 2.77. The van der Waals surface area contributed by atoms with Crippen LogP contribution in [0.5, 0.6) is 0 Å². The van der Waals surface area contributed by atoms with Crippen LogP contribution in [-0.4, -0.2) is 45.9 Å². The second-order valence-electron chi connectivity index (χ2n) is 5.85. The Hall–Kier alpha value is -1.20. The monoisotopic (exact) mass is 350 g/mol. The second kappa shape index (κ2) is 8.06. The Morgan fingerprint density at radius 1 is 0.870 bits per heavy atom. The van der Waals surface area contributed by atoms with Gasteiger partial charge in [0.15, 0.2) is 0 Å². The summed E-state index contributed by atoms with van der Waals surface area (Å²) in [6, 6.07) is 4.12. The van der Waals surface area contributed by atoms with Crippen molar-refractivity contribution in [2.24, 2.45) is 0 Å². The van der Waals surface area contributed by atoms with E-state index in [1.165, 1.54) is 5.56 Å². The summed E-state index contributed by atoms with van der Waals surface area (Å²) in [4.78, 5) is 13.1. The molecule has 0 saturated carbocycles. The van der Waals surface area contributed by atoms with E-state index in [1.807, 2.05) is 18.5 Å². The molecule has 4 nitrogen and oxygen atoms in total. The highest BCUT2D eigenvalue weighted by atomic mass is 35.5. The van der Waals surface area contributed by atoms with E-state index in [4.69, 9.17) is 23.2 Å². The lowest BCUT2D eigenvalue weighted by atomic mass is 10.2. The third kappa shape index (κ3) is 4.64. The summed E-state index contributed by atoms with van der Waals surface area (Å²) in [6.45, 7) is 5.94. The Morgan fingerprint density at radius 3 is 2.22 bits per heavy atom. The molecule has 3 heterocycles. The number of aromatic nitrogens is 2. The maximum absolute atomic E-state index is 6.23. The molecule has 0 unspecified atom stereocenters. The molecule has 0 amide bonds. The molecule has 0 atom stereocenters. The fraction of sp³-hybridized carbons (Fsp3) is 0.412. The van der Waals surface area contributed by atoms with Crippen molar-refractivity contribution < 1.29 is 0 Å². The molecular formula is C17H20Cl2N4. The van der Waals surface area contributed by atoms with Gasteiger partial charge < -0.3 is 0 Å². The zero-order valence-electron chi connectivity index (χ0n) is 13.0. The molecule has 0 bridgehead atoms. The standard InChI is InChI=1S/C17H20Cl2N4/c18-16-10-21-11-17(19)15(16)13-23-6-2-5-22(7-8-23)12-14-3-1-4-20-9-14/h1,3-4,9-11H,2,5-8,12-13H2. The van der Waals surface area contributed by atoms with E-state index in [0.717, 1.165) is 51.3 Å². The number of hydrogen-bond acceptors (Lipinski definition) is 4. The highest BCUT2D eigenvalue weighted by Gasteiger charge is 2.17. The summed E-state index contributed by atoms with van der Waals surface area (Å²) in [5.41, 5.74) is 2.24. The minimum atomic E-state index is 0.647. The highest BCUT2D eigenvalue weighted by molar-refractivity contribution is 6.35. The molecule has 0 aromatic carbocycles. The van der Waals surface area contributed by atoms with Crippen LogP contribution >= 0.6 is 23.2 Å². The first kappa shape index (κ1) is 16.7. The summed E-state index contributed by atoms with van der Waals surface area (Å²) in [7, 11) is 0. The van der Waals surface area contributed by atoms with Crippen molar-refractivity contribution in [1.29, 1.82) is 0 Å². The fourth-order valence-electron chi connectivity index (χ4n) is 2.90. The van der Waals surface area contributed by atoms with E-state index in [-0.39, 0.29) is 0 Å². The van der Waals surface area contributed by atoms with Crippen molar-refractivity contribution in [2.75, 3.05) is 26.2 Å². The fourth-order valence-corrected chi connectivity index (χ4v) is 3.39. The van der Waals surface area contributed by atoms with E-state index in [0.29, 0.717) is 10.0 Å². The van der Waals surface area contributed by atoms with Gasteiger partial charge >= 0.3 is 0 Å². The largest absolute Gasteiger partial charge is 0.298 e. The number of halogens is 2. The quantitative estimate of drug-likeness (QED) is 0.844. The predicted octanol–water partition coefficient (Wildman–Crippen LogP) is 3.49. The summed E-state index contributed by atoms with van der Waals surface area (Å²) in [5, 5.41) is 1.29. The topological polar surface area (TPSA) is 32.3 Å². The predicted molar refractivity (Wildman–Crippen MR) is 93.7 cm³/mol. The summed E-state index contributed by atoms with van der Waals surface area (Å²) in [6.07, 6.45) is 8.22. The molecule has 1 aliphatic heterocycles. The van der Waals surface area contributed by atoms with Crippen LogP contribution in [0.2, 0.25) is 10.0 Å². The van der Waals surface area contributed by atoms with Crippen molar-refractivity contribution in [1.82, 2.24) is 19.8 Å². The minimum absolute atomic E-state index is 0.647. The van der Waals surface area contributed by atoms with Gasteiger partial charge in [0.2, 0.25) is 0 Å². The van der Waals surface area contributed by atoms with Gasteiger partial charge in [0.25, 0.3) is 0 Å². The SMILES string of the molecule is Clc1cncc(Cl)c1CN1CCCN(Cc2cccnc2)CC1. The average molecular weight is 351 g/mol. The zero-order valence-corrected chi connectivity index (χ0v) is 14.5. The van der Waals surface area contributed by atoms with Gasteiger partial charge in [-0.1, -0.05) is 29.3 Å². The minimum Gasteiger partial charge on any atom is -0.298 e. The lowest BCUT2D eigenvalue weighted by molar-refractivity contribution is 0.247. The second-order valence-corrected chi connectivity index (χ2v) is 6.66. The summed E-state index contributed by atoms with van der Waals surface area (Å²) in [5.74, 6) is 0. The molecule has 122 valence electrons. The molecule has 6 heteroatoms. The van der Waals surface area contributed by atoms with Gasteiger partial charge in [-0.2, -0.15) is 0 Å². The van der Waals surface area contributed by atoms with Gasteiger partial charge in [0, 0.05) is 56.5 Å². The van der Waals surface area contributed by atoms with Crippen LogP contribution in [0.3, 0.4) is 0 Å². The Balaban J connectivity index is 1.58. The van der Waals surface area contributed by atoms with Crippen molar-refractivity contribution in [3.05, 3.63) is 58.1 Å². The van der Waals surface area contributed by atoms with Gasteiger partial charge in [-0.15, -0.1) is 0 Å². The molecule has 2 aromatic rings. The molecule has 1 fully saturated rings. The first-order valence-corrected chi connectivity index (χ1v) is 8.59. The molecule has 0 spiro atoms. The lowest BCUT2D eigenvalue weighted by Crippen LogP contribution is -2.30. The first-order chi connectivity index (χ1) is 11.2. The normalized spacial score (nSPS) is 17.1. The molecular weight excluding hydrogens is 331 g/mol. The highest BCUT2D eigenvalue weighted by Crippen LogP contribution is 2.24. The number of pyridine rings is 2. The van der Waals surface area contributed by atoms with Crippen LogP contribution < -0.4 is 0 Å². The first-order valence-electron chi connectivity index (χ1n) is 7.84. The van der Waals surface area contributed by atoms with E-state index in [2.05, 4.69) is 25.8 Å². The molecule has 1 aliphatic rings. The number of nitrogens with zero attached hydrogens (tertiary/aromatic N) is 4. The third-order valence-electron chi connectivity index (χ3n) is 4.14. The summed E-state index contributed by atoms with van der Waals surface area (Å²) < 4.78 is 0. The Labute approximate surface area is 147 Å². The van der Waals surface area contributed by atoms with Gasteiger partial charge in [-0.25, -0.2) is 0 Å². The Kier molecular flexibility index (Phi) is 5.84.